The fourth-order valence-electron chi connectivity index (χ4n) is 1.34. The van der Waals surface area contributed by atoms with Crippen molar-refractivity contribution < 1.29 is 13.6 Å². The summed E-state index contributed by atoms with van der Waals surface area (Å²) in [5.41, 5.74) is 1.97. The maximum absolute atomic E-state index is 11.5. The Kier molecular flexibility index (Phi) is 1.94. The Bertz CT molecular complexity index is 386. The lowest BCUT2D eigenvalue weighted by atomic mass is 10.1. The van der Waals surface area contributed by atoms with E-state index in [0.29, 0.717) is 6.61 Å². The van der Waals surface area contributed by atoms with Crippen molar-refractivity contribution in [3.05, 3.63) is 29.3 Å². The van der Waals surface area contributed by atoms with Gasteiger partial charge in [0.2, 0.25) is 0 Å². The molecule has 1 heterocycles. The zero-order chi connectivity index (χ0) is 9.47. The Morgan fingerprint density at radius 1 is 1.46 bits per heavy atom. The molecule has 1 aromatic rings. The first kappa shape index (κ1) is 8.79. The summed E-state index contributed by atoms with van der Waals surface area (Å²) in [6, 6.07) is 5.79. The molecule has 0 saturated carbocycles. The Morgan fingerprint density at radius 3 is 3.00 bits per heavy atom. The quantitative estimate of drug-likeness (QED) is 0.601. The van der Waals surface area contributed by atoms with Crippen LogP contribution in [0.25, 0.3) is 0 Å². The van der Waals surface area contributed by atoms with E-state index >= 15 is 0 Å². The van der Waals surface area contributed by atoms with E-state index in [-0.39, 0.29) is 0 Å². The second-order valence-corrected chi connectivity index (χ2v) is 5.18. The van der Waals surface area contributed by atoms with Gasteiger partial charge in [0, 0.05) is 12.2 Å². The van der Waals surface area contributed by atoms with Crippen molar-refractivity contribution in [3.63, 3.8) is 0 Å². The lowest BCUT2D eigenvalue weighted by Crippen LogP contribution is -2.07. The average molecular weight is 198 g/mol. The highest BCUT2D eigenvalue weighted by Crippen LogP contribution is 2.51. The van der Waals surface area contributed by atoms with Crippen molar-refractivity contribution in [1.29, 1.82) is 0 Å². The van der Waals surface area contributed by atoms with Crippen LogP contribution in [-0.4, -0.2) is 6.66 Å². The van der Waals surface area contributed by atoms with Crippen LogP contribution in [-0.2, 0) is 15.7 Å². The highest BCUT2D eigenvalue weighted by Gasteiger charge is 2.26. The first-order valence-electron chi connectivity index (χ1n) is 4.09. The lowest BCUT2D eigenvalue weighted by Gasteiger charge is -2.24. The van der Waals surface area contributed by atoms with Gasteiger partial charge in [-0.15, -0.1) is 0 Å². The van der Waals surface area contributed by atoms with Gasteiger partial charge in [-0.05, 0) is 12.5 Å². The molecule has 2 rings (SSSR count). The third kappa shape index (κ3) is 1.62. The molecule has 1 unspecified atom stereocenters. The number of rotatable bonds is 0. The van der Waals surface area contributed by atoms with E-state index in [1.54, 1.807) is 0 Å². The second kappa shape index (κ2) is 2.86. The molecular weight excluding hydrogens is 187 g/mol. The molecule has 4 heteroatoms. The molecule has 70 valence electrons. The number of hydrogen-bond acceptors (Lipinski definition) is 3. The van der Waals surface area contributed by atoms with Gasteiger partial charge in [0.1, 0.15) is 5.75 Å². The zero-order valence-corrected chi connectivity index (χ0v) is 8.51. The van der Waals surface area contributed by atoms with Gasteiger partial charge in [-0.3, -0.25) is 4.52 Å². The van der Waals surface area contributed by atoms with Crippen LogP contribution in [0.15, 0.2) is 18.2 Å². The summed E-state index contributed by atoms with van der Waals surface area (Å²) < 4.78 is 21.9. The van der Waals surface area contributed by atoms with E-state index in [1.807, 2.05) is 25.1 Å². The summed E-state index contributed by atoms with van der Waals surface area (Å²) in [5.74, 6) is 0.722. The SMILES string of the molecule is Cc1cccc2c1OP(C)(=O)OC2. The summed E-state index contributed by atoms with van der Waals surface area (Å²) in [5, 5.41) is 0. The van der Waals surface area contributed by atoms with Crippen LogP contribution in [0.2, 0.25) is 0 Å². The molecule has 0 aromatic heterocycles. The van der Waals surface area contributed by atoms with Crippen LogP contribution in [0.4, 0.5) is 0 Å². The van der Waals surface area contributed by atoms with Gasteiger partial charge in [0.25, 0.3) is 0 Å². The van der Waals surface area contributed by atoms with Crippen LogP contribution >= 0.6 is 7.60 Å². The molecule has 0 spiro atoms. The molecule has 1 aliphatic heterocycles. The standard InChI is InChI=1S/C9H11O3P/c1-7-4-3-5-8-6-11-13(2,10)12-9(7)8/h3-5H,6H2,1-2H3. The Morgan fingerprint density at radius 2 is 2.23 bits per heavy atom. The second-order valence-electron chi connectivity index (χ2n) is 3.20. The Hall–Kier alpha value is -0.790. The van der Waals surface area contributed by atoms with Crippen molar-refractivity contribution in [1.82, 2.24) is 0 Å². The number of para-hydroxylation sites is 1. The summed E-state index contributed by atoms with van der Waals surface area (Å²) in [6.45, 7) is 3.80. The van der Waals surface area contributed by atoms with Gasteiger partial charge < -0.3 is 4.52 Å². The number of fused-ring (bicyclic) bond motifs is 1. The molecule has 3 nitrogen and oxygen atoms in total. The van der Waals surface area contributed by atoms with Crippen LogP contribution in [0.5, 0.6) is 5.75 Å². The largest absolute Gasteiger partial charge is 0.424 e. The first-order valence-corrected chi connectivity index (χ1v) is 6.08. The zero-order valence-electron chi connectivity index (χ0n) is 7.61. The topological polar surface area (TPSA) is 35.5 Å². The highest BCUT2D eigenvalue weighted by atomic mass is 31.2. The van der Waals surface area contributed by atoms with E-state index in [4.69, 9.17) is 9.05 Å². The van der Waals surface area contributed by atoms with Gasteiger partial charge in [0.05, 0.1) is 6.61 Å². The third-order valence-corrected chi connectivity index (χ3v) is 3.12. The molecule has 1 aliphatic rings. The van der Waals surface area contributed by atoms with Gasteiger partial charge in [-0.2, -0.15) is 0 Å². The van der Waals surface area contributed by atoms with E-state index in [1.165, 1.54) is 6.66 Å². The van der Waals surface area contributed by atoms with E-state index in [9.17, 15) is 4.57 Å². The first-order chi connectivity index (χ1) is 6.08. The maximum Gasteiger partial charge on any atom is 0.376 e. The van der Waals surface area contributed by atoms with E-state index in [0.717, 1.165) is 16.9 Å². The normalized spacial score (nSPS) is 26.3. The van der Waals surface area contributed by atoms with Crippen molar-refractivity contribution in [3.8, 4) is 5.75 Å². The predicted molar refractivity (Wildman–Crippen MR) is 50.1 cm³/mol. The number of aryl methyl sites for hydroxylation is 1. The summed E-state index contributed by atoms with van der Waals surface area (Å²) >= 11 is 0. The average Bonchev–Trinajstić information content (AvgIpc) is 2.06. The van der Waals surface area contributed by atoms with Crippen molar-refractivity contribution in [2.45, 2.75) is 13.5 Å². The minimum absolute atomic E-state index is 0.380. The molecule has 1 aromatic carbocycles. The van der Waals surface area contributed by atoms with Crippen LogP contribution in [0.1, 0.15) is 11.1 Å². The molecule has 0 bridgehead atoms. The summed E-state index contributed by atoms with van der Waals surface area (Å²) in [7, 11) is -2.85. The predicted octanol–water partition coefficient (Wildman–Crippen LogP) is 2.73. The van der Waals surface area contributed by atoms with Crippen molar-refractivity contribution in [2.24, 2.45) is 0 Å². The maximum atomic E-state index is 11.5. The summed E-state index contributed by atoms with van der Waals surface area (Å²) in [6.07, 6.45) is 0. The van der Waals surface area contributed by atoms with Crippen LogP contribution < -0.4 is 4.52 Å². The summed E-state index contributed by atoms with van der Waals surface area (Å²) in [4.78, 5) is 0. The molecule has 0 saturated heterocycles. The molecule has 13 heavy (non-hydrogen) atoms. The smallest absolute Gasteiger partial charge is 0.376 e. The molecule has 0 N–H and O–H groups in total. The van der Waals surface area contributed by atoms with E-state index < -0.39 is 7.60 Å². The van der Waals surface area contributed by atoms with Crippen molar-refractivity contribution in [2.75, 3.05) is 6.66 Å². The Balaban J connectivity index is 2.50. The molecule has 0 fully saturated rings. The number of hydrogen-bond donors (Lipinski definition) is 0. The van der Waals surface area contributed by atoms with Gasteiger partial charge >= 0.3 is 7.60 Å². The van der Waals surface area contributed by atoms with Crippen molar-refractivity contribution >= 4 is 7.60 Å². The minimum atomic E-state index is -2.85. The van der Waals surface area contributed by atoms with E-state index in [2.05, 4.69) is 0 Å². The lowest BCUT2D eigenvalue weighted by molar-refractivity contribution is 0.236. The highest BCUT2D eigenvalue weighted by molar-refractivity contribution is 7.53. The van der Waals surface area contributed by atoms with Gasteiger partial charge in [-0.1, -0.05) is 18.2 Å². The Labute approximate surface area is 77.2 Å². The third-order valence-electron chi connectivity index (χ3n) is 2.01. The molecule has 1 atom stereocenters. The molecule has 0 amide bonds. The molecule has 0 radical (unpaired) electrons. The monoisotopic (exact) mass is 198 g/mol. The van der Waals surface area contributed by atoms with Gasteiger partial charge in [0.15, 0.2) is 0 Å². The minimum Gasteiger partial charge on any atom is -0.424 e. The van der Waals surface area contributed by atoms with Gasteiger partial charge in [-0.25, -0.2) is 4.57 Å². The van der Waals surface area contributed by atoms with Crippen LogP contribution in [0, 0.1) is 6.92 Å². The molecule has 0 aliphatic carbocycles. The fourth-order valence-corrected chi connectivity index (χ4v) is 2.36. The number of benzene rings is 1. The fraction of sp³-hybridized carbons (Fsp3) is 0.333. The van der Waals surface area contributed by atoms with Crippen LogP contribution in [0.3, 0.4) is 0 Å². The molecular formula is C9H11O3P.